The second-order valence-electron chi connectivity index (χ2n) is 6.33. The third kappa shape index (κ3) is 5.30. The molecule has 0 atom stereocenters. The van der Waals surface area contributed by atoms with Crippen LogP contribution in [0.25, 0.3) is 0 Å². The number of hydrogen-bond acceptors (Lipinski definition) is 5. The zero-order chi connectivity index (χ0) is 20.1. The Balaban J connectivity index is 1.46. The number of nitrogens with zero attached hydrogens (tertiary/aromatic N) is 3. The molecule has 1 fully saturated rings. The first-order valence-corrected chi connectivity index (χ1v) is 8.63. The summed E-state index contributed by atoms with van der Waals surface area (Å²) in [7, 11) is 0. The highest BCUT2D eigenvalue weighted by Crippen LogP contribution is 2.29. The van der Waals surface area contributed by atoms with Gasteiger partial charge in [0.25, 0.3) is 5.91 Å². The molecule has 28 heavy (non-hydrogen) atoms. The maximum absolute atomic E-state index is 12.8. The summed E-state index contributed by atoms with van der Waals surface area (Å²) in [5.74, 6) is -0.110. The molecule has 0 aliphatic carbocycles. The molecular weight excluding hydrogens is 380 g/mol. The van der Waals surface area contributed by atoms with E-state index in [9.17, 15) is 22.4 Å². The van der Waals surface area contributed by atoms with Crippen LogP contribution in [0.5, 0.6) is 5.75 Å². The minimum Gasteiger partial charge on any atom is -0.484 e. The van der Waals surface area contributed by atoms with Crippen LogP contribution in [0.1, 0.15) is 18.5 Å². The van der Waals surface area contributed by atoms with Gasteiger partial charge in [-0.25, -0.2) is 14.4 Å². The molecule has 10 heteroatoms. The fourth-order valence-corrected chi connectivity index (χ4v) is 2.88. The van der Waals surface area contributed by atoms with Crippen LogP contribution in [0.4, 0.5) is 23.4 Å². The highest BCUT2D eigenvalue weighted by molar-refractivity contribution is 5.77. The Labute approximate surface area is 158 Å². The minimum absolute atomic E-state index is 0.107. The number of rotatable bonds is 5. The van der Waals surface area contributed by atoms with Gasteiger partial charge in [-0.05, 0) is 37.1 Å². The van der Waals surface area contributed by atoms with Gasteiger partial charge in [0.1, 0.15) is 29.4 Å². The average Bonchev–Trinajstić information content (AvgIpc) is 2.68. The molecule has 0 bridgehead atoms. The molecule has 0 radical (unpaired) electrons. The van der Waals surface area contributed by atoms with Crippen molar-refractivity contribution in [3.05, 3.63) is 48.2 Å². The van der Waals surface area contributed by atoms with Crippen LogP contribution in [0.3, 0.4) is 0 Å². The van der Waals surface area contributed by atoms with Gasteiger partial charge in [-0.3, -0.25) is 4.79 Å². The molecular formula is C18H18F4N4O2. The van der Waals surface area contributed by atoms with Crippen LogP contribution in [-0.4, -0.2) is 41.6 Å². The summed E-state index contributed by atoms with van der Waals surface area (Å²) in [6, 6.07) is 6.15. The number of carbonyl (C=O) groups excluding carboxylic acids is 1. The number of hydrogen-bond donors (Lipinski definition) is 1. The molecule has 0 saturated carbocycles. The second kappa shape index (κ2) is 8.41. The van der Waals surface area contributed by atoms with E-state index >= 15 is 0 Å². The quantitative estimate of drug-likeness (QED) is 0.785. The fraction of sp³-hybridized carbons (Fsp3) is 0.389. The fourth-order valence-electron chi connectivity index (χ4n) is 2.88. The Kier molecular flexibility index (Phi) is 5.96. The standard InChI is InChI=1S/C18H18F4N4O2/c19-12-1-3-14(4-2-12)28-10-17(27)25-13-5-7-26(8-6-13)16-9-15(18(20,21)22)23-11-24-16/h1-4,9,11,13H,5-8,10H2,(H,25,27). The number of piperidine rings is 1. The summed E-state index contributed by atoms with van der Waals surface area (Å²) < 4.78 is 56.4. The highest BCUT2D eigenvalue weighted by Gasteiger charge is 2.33. The molecule has 1 aliphatic heterocycles. The molecule has 0 spiro atoms. The third-order valence-electron chi connectivity index (χ3n) is 4.31. The molecule has 1 amide bonds. The van der Waals surface area contributed by atoms with E-state index in [4.69, 9.17) is 4.74 Å². The molecule has 6 nitrogen and oxygen atoms in total. The number of amides is 1. The predicted octanol–water partition coefficient (Wildman–Crippen LogP) is 2.80. The van der Waals surface area contributed by atoms with Crippen molar-refractivity contribution in [3.63, 3.8) is 0 Å². The number of aromatic nitrogens is 2. The Morgan fingerprint density at radius 1 is 1.18 bits per heavy atom. The van der Waals surface area contributed by atoms with Crippen molar-refractivity contribution in [1.29, 1.82) is 0 Å². The van der Waals surface area contributed by atoms with Gasteiger partial charge < -0.3 is 15.0 Å². The first-order chi connectivity index (χ1) is 13.3. The molecule has 1 aromatic carbocycles. The first-order valence-electron chi connectivity index (χ1n) is 8.63. The van der Waals surface area contributed by atoms with Crippen molar-refractivity contribution in [3.8, 4) is 5.75 Å². The van der Waals surface area contributed by atoms with Crippen molar-refractivity contribution in [2.75, 3.05) is 24.6 Å². The SMILES string of the molecule is O=C(COc1ccc(F)cc1)NC1CCN(c2cc(C(F)(F)F)ncn2)CC1. The van der Waals surface area contributed by atoms with Crippen LogP contribution in [-0.2, 0) is 11.0 Å². The molecule has 3 rings (SSSR count). The number of halogens is 4. The zero-order valence-corrected chi connectivity index (χ0v) is 14.7. The lowest BCUT2D eigenvalue weighted by Gasteiger charge is -2.33. The van der Waals surface area contributed by atoms with Crippen LogP contribution in [0, 0.1) is 5.82 Å². The van der Waals surface area contributed by atoms with Crippen LogP contribution in [0.15, 0.2) is 36.7 Å². The van der Waals surface area contributed by atoms with E-state index in [1.54, 1.807) is 4.90 Å². The zero-order valence-electron chi connectivity index (χ0n) is 14.7. The Morgan fingerprint density at radius 2 is 1.86 bits per heavy atom. The topological polar surface area (TPSA) is 67.3 Å². The largest absolute Gasteiger partial charge is 0.484 e. The van der Waals surface area contributed by atoms with Crippen molar-refractivity contribution < 1.29 is 27.1 Å². The number of nitrogens with one attached hydrogen (secondary N) is 1. The summed E-state index contributed by atoms with van der Waals surface area (Å²) >= 11 is 0. The molecule has 1 aromatic heterocycles. The molecule has 1 N–H and O–H groups in total. The van der Waals surface area contributed by atoms with Gasteiger partial charge in [-0.1, -0.05) is 0 Å². The highest BCUT2D eigenvalue weighted by atomic mass is 19.4. The van der Waals surface area contributed by atoms with Gasteiger partial charge in [-0.15, -0.1) is 0 Å². The van der Waals surface area contributed by atoms with E-state index in [2.05, 4.69) is 15.3 Å². The number of carbonyl (C=O) groups is 1. The Hall–Kier alpha value is -2.91. The smallest absolute Gasteiger partial charge is 0.433 e. The lowest BCUT2D eigenvalue weighted by atomic mass is 10.0. The van der Waals surface area contributed by atoms with E-state index < -0.39 is 17.7 Å². The average molecular weight is 398 g/mol. The first kappa shape index (κ1) is 19.8. The number of anilines is 1. The lowest BCUT2D eigenvalue weighted by molar-refractivity contribution is -0.141. The molecule has 2 aromatic rings. The Bertz CT molecular complexity index is 806. The normalized spacial score (nSPS) is 15.4. The van der Waals surface area contributed by atoms with Crippen molar-refractivity contribution >= 4 is 11.7 Å². The van der Waals surface area contributed by atoms with Gasteiger partial charge in [0.15, 0.2) is 6.61 Å². The summed E-state index contributed by atoms with van der Waals surface area (Å²) in [6.07, 6.45) is -2.49. The monoisotopic (exact) mass is 398 g/mol. The maximum Gasteiger partial charge on any atom is 0.433 e. The molecule has 2 heterocycles. The summed E-state index contributed by atoms with van der Waals surface area (Å²) in [4.78, 5) is 20.9. The molecule has 1 aliphatic rings. The van der Waals surface area contributed by atoms with Gasteiger partial charge >= 0.3 is 6.18 Å². The molecule has 150 valence electrons. The van der Waals surface area contributed by atoms with Crippen LogP contribution >= 0.6 is 0 Å². The minimum atomic E-state index is -4.52. The van der Waals surface area contributed by atoms with Gasteiger partial charge in [-0.2, -0.15) is 13.2 Å². The van der Waals surface area contributed by atoms with E-state index in [1.165, 1.54) is 24.3 Å². The maximum atomic E-state index is 12.8. The van der Waals surface area contributed by atoms with Crippen molar-refractivity contribution in [2.45, 2.75) is 25.1 Å². The third-order valence-corrected chi connectivity index (χ3v) is 4.31. The Morgan fingerprint density at radius 3 is 2.50 bits per heavy atom. The summed E-state index contributed by atoms with van der Waals surface area (Å²) in [6.45, 7) is 0.711. The number of benzene rings is 1. The van der Waals surface area contributed by atoms with Crippen molar-refractivity contribution in [2.24, 2.45) is 0 Å². The summed E-state index contributed by atoms with van der Waals surface area (Å²) in [5, 5.41) is 2.83. The van der Waals surface area contributed by atoms with Crippen LogP contribution < -0.4 is 15.0 Å². The molecule has 0 unspecified atom stereocenters. The number of alkyl halides is 3. The van der Waals surface area contributed by atoms with E-state index in [0.29, 0.717) is 31.7 Å². The summed E-state index contributed by atoms with van der Waals surface area (Å²) in [5.41, 5.74) is -0.981. The van der Waals surface area contributed by atoms with Gasteiger partial charge in [0.2, 0.25) is 0 Å². The van der Waals surface area contributed by atoms with E-state index in [-0.39, 0.29) is 24.4 Å². The molecule has 1 saturated heterocycles. The lowest BCUT2D eigenvalue weighted by Crippen LogP contribution is -2.46. The predicted molar refractivity (Wildman–Crippen MR) is 92.3 cm³/mol. The van der Waals surface area contributed by atoms with Gasteiger partial charge in [0.05, 0.1) is 0 Å². The van der Waals surface area contributed by atoms with E-state index in [1.807, 2.05) is 0 Å². The van der Waals surface area contributed by atoms with E-state index in [0.717, 1.165) is 12.4 Å². The number of ether oxygens (including phenoxy) is 1. The van der Waals surface area contributed by atoms with Gasteiger partial charge in [0, 0.05) is 25.2 Å². The van der Waals surface area contributed by atoms with Crippen LogP contribution in [0.2, 0.25) is 0 Å². The second-order valence-corrected chi connectivity index (χ2v) is 6.33. The van der Waals surface area contributed by atoms with Crippen molar-refractivity contribution in [1.82, 2.24) is 15.3 Å².